The third-order valence-electron chi connectivity index (χ3n) is 3.70. The molecule has 0 fully saturated rings. The first-order valence-corrected chi connectivity index (χ1v) is 7.92. The number of carbonyl (C=O) groups is 2. The van der Waals surface area contributed by atoms with Gasteiger partial charge in [0.15, 0.2) is 0 Å². The Hall–Kier alpha value is -3.22. The molecule has 7 heteroatoms. The van der Waals surface area contributed by atoms with Gasteiger partial charge in [0.05, 0.1) is 45.4 Å². The lowest BCUT2D eigenvalue weighted by Gasteiger charge is -2.31. The van der Waals surface area contributed by atoms with Crippen LogP contribution in [-0.4, -0.2) is 31.1 Å². The molecular weight excluding hydrogens is 338 g/mol. The standard InChI is InChI=1S/C19H21NO6/c1-4-7-15(17-9-6-11-26-17)20(13-14-8-5-10-25-14)16(19(22)24-3)12-18(21)23-2/h4-6,8-12,15H,1,7,13H2,2-3H3/b16-12+. The van der Waals surface area contributed by atoms with E-state index in [1.165, 1.54) is 20.5 Å². The van der Waals surface area contributed by atoms with Crippen molar-refractivity contribution in [3.63, 3.8) is 0 Å². The third-order valence-corrected chi connectivity index (χ3v) is 3.70. The molecule has 26 heavy (non-hydrogen) atoms. The first-order chi connectivity index (χ1) is 12.6. The van der Waals surface area contributed by atoms with Crippen molar-refractivity contribution in [2.24, 2.45) is 0 Å². The summed E-state index contributed by atoms with van der Waals surface area (Å²) in [6.45, 7) is 3.98. The maximum absolute atomic E-state index is 12.4. The molecular formula is C19H21NO6. The van der Waals surface area contributed by atoms with Crippen molar-refractivity contribution in [3.8, 4) is 0 Å². The molecule has 2 heterocycles. The van der Waals surface area contributed by atoms with Crippen LogP contribution in [0.25, 0.3) is 0 Å². The Morgan fingerprint density at radius 3 is 2.46 bits per heavy atom. The molecule has 0 saturated carbocycles. The second-order valence-corrected chi connectivity index (χ2v) is 5.31. The highest BCUT2D eigenvalue weighted by Crippen LogP contribution is 2.31. The summed E-state index contributed by atoms with van der Waals surface area (Å²) in [6.07, 6.45) is 6.33. The molecule has 0 spiro atoms. The second kappa shape index (κ2) is 9.31. The van der Waals surface area contributed by atoms with Crippen LogP contribution in [0, 0.1) is 0 Å². The van der Waals surface area contributed by atoms with Gasteiger partial charge < -0.3 is 23.2 Å². The number of hydrogen-bond donors (Lipinski definition) is 0. The lowest BCUT2D eigenvalue weighted by molar-refractivity contribution is -0.140. The van der Waals surface area contributed by atoms with Gasteiger partial charge in [-0.1, -0.05) is 6.08 Å². The van der Waals surface area contributed by atoms with Crippen molar-refractivity contribution < 1.29 is 27.9 Å². The Morgan fingerprint density at radius 2 is 1.92 bits per heavy atom. The van der Waals surface area contributed by atoms with E-state index in [2.05, 4.69) is 11.3 Å². The Bertz CT molecular complexity index is 745. The summed E-state index contributed by atoms with van der Waals surface area (Å²) in [5.74, 6) is -0.143. The highest BCUT2D eigenvalue weighted by atomic mass is 16.5. The summed E-state index contributed by atoms with van der Waals surface area (Å²) < 4.78 is 20.5. The minimum atomic E-state index is -0.678. The largest absolute Gasteiger partial charge is 0.467 e. The van der Waals surface area contributed by atoms with Gasteiger partial charge in [0.1, 0.15) is 17.2 Å². The fourth-order valence-corrected chi connectivity index (χ4v) is 2.50. The molecule has 0 bridgehead atoms. The predicted molar refractivity (Wildman–Crippen MR) is 92.6 cm³/mol. The Kier molecular flexibility index (Phi) is 6.84. The molecule has 0 aliphatic rings. The number of nitrogens with zero attached hydrogens (tertiary/aromatic N) is 1. The van der Waals surface area contributed by atoms with Gasteiger partial charge in [-0.15, -0.1) is 6.58 Å². The predicted octanol–water partition coefficient (Wildman–Crippen LogP) is 3.22. The number of hydrogen-bond acceptors (Lipinski definition) is 7. The van der Waals surface area contributed by atoms with Crippen molar-refractivity contribution in [3.05, 3.63) is 72.7 Å². The zero-order chi connectivity index (χ0) is 18.9. The molecule has 1 unspecified atom stereocenters. The van der Waals surface area contributed by atoms with Crippen molar-refractivity contribution in [2.45, 2.75) is 19.0 Å². The quantitative estimate of drug-likeness (QED) is 0.386. The van der Waals surface area contributed by atoms with Crippen LogP contribution in [0.3, 0.4) is 0 Å². The van der Waals surface area contributed by atoms with Crippen LogP contribution in [0.15, 0.2) is 70.1 Å². The van der Waals surface area contributed by atoms with Crippen LogP contribution < -0.4 is 0 Å². The molecule has 0 aromatic carbocycles. The number of furan rings is 2. The fourth-order valence-electron chi connectivity index (χ4n) is 2.50. The molecule has 0 aliphatic carbocycles. The van der Waals surface area contributed by atoms with E-state index in [4.69, 9.17) is 13.6 Å². The molecule has 2 rings (SSSR count). The minimum absolute atomic E-state index is 0.0269. The first-order valence-electron chi connectivity index (χ1n) is 7.92. The number of esters is 2. The average Bonchev–Trinajstić information content (AvgIpc) is 3.35. The van der Waals surface area contributed by atoms with Crippen molar-refractivity contribution in [2.75, 3.05) is 14.2 Å². The lowest BCUT2D eigenvalue weighted by atomic mass is 10.1. The molecule has 2 aromatic rings. The van der Waals surface area contributed by atoms with Crippen LogP contribution >= 0.6 is 0 Å². The zero-order valence-corrected chi connectivity index (χ0v) is 14.7. The van der Waals surface area contributed by atoms with Crippen LogP contribution in [0.4, 0.5) is 0 Å². The van der Waals surface area contributed by atoms with Gasteiger partial charge in [-0.2, -0.15) is 0 Å². The third kappa shape index (κ3) is 4.66. The molecule has 0 N–H and O–H groups in total. The maximum atomic E-state index is 12.4. The molecule has 0 aliphatic heterocycles. The minimum Gasteiger partial charge on any atom is -0.467 e. The number of methoxy groups -OCH3 is 2. The summed E-state index contributed by atoms with van der Waals surface area (Å²) >= 11 is 0. The SMILES string of the molecule is C=CCC(c1ccco1)N(Cc1ccco1)/C(=C/C(=O)OC)C(=O)OC. The van der Waals surface area contributed by atoms with E-state index in [0.717, 1.165) is 6.08 Å². The normalized spacial score (nSPS) is 12.3. The molecule has 0 radical (unpaired) electrons. The van der Waals surface area contributed by atoms with Crippen LogP contribution in [0.2, 0.25) is 0 Å². The smallest absolute Gasteiger partial charge is 0.354 e. The topological polar surface area (TPSA) is 82.1 Å². The Labute approximate surface area is 151 Å². The van der Waals surface area contributed by atoms with Gasteiger partial charge in [0.25, 0.3) is 0 Å². The highest BCUT2D eigenvalue weighted by molar-refractivity contribution is 5.95. The molecule has 1 atom stereocenters. The molecule has 138 valence electrons. The average molecular weight is 359 g/mol. The highest BCUT2D eigenvalue weighted by Gasteiger charge is 2.30. The lowest BCUT2D eigenvalue weighted by Crippen LogP contribution is -2.32. The van der Waals surface area contributed by atoms with Crippen LogP contribution in [0.1, 0.15) is 24.0 Å². The molecule has 0 saturated heterocycles. The summed E-state index contributed by atoms with van der Waals surface area (Å²) in [4.78, 5) is 25.9. The summed E-state index contributed by atoms with van der Waals surface area (Å²) in [5, 5.41) is 0. The van der Waals surface area contributed by atoms with E-state index in [9.17, 15) is 9.59 Å². The van der Waals surface area contributed by atoms with Crippen LogP contribution in [0.5, 0.6) is 0 Å². The van der Waals surface area contributed by atoms with Gasteiger partial charge in [-0.3, -0.25) is 0 Å². The first kappa shape index (κ1) is 19.1. The maximum Gasteiger partial charge on any atom is 0.354 e. The number of carbonyl (C=O) groups excluding carboxylic acids is 2. The fraction of sp³-hybridized carbons (Fsp3) is 0.263. The Balaban J connectivity index is 2.52. The van der Waals surface area contributed by atoms with E-state index in [1.807, 2.05) is 0 Å². The van der Waals surface area contributed by atoms with E-state index < -0.39 is 18.0 Å². The zero-order valence-electron chi connectivity index (χ0n) is 14.7. The summed E-state index contributed by atoms with van der Waals surface area (Å²) in [6, 6.07) is 6.65. The van der Waals surface area contributed by atoms with Crippen molar-refractivity contribution in [1.82, 2.24) is 4.90 Å². The van der Waals surface area contributed by atoms with Crippen LogP contribution in [-0.2, 0) is 25.6 Å². The number of rotatable bonds is 9. The van der Waals surface area contributed by atoms with Gasteiger partial charge in [-0.25, -0.2) is 9.59 Å². The van der Waals surface area contributed by atoms with Crippen molar-refractivity contribution >= 4 is 11.9 Å². The van der Waals surface area contributed by atoms with E-state index in [0.29, 0.717) is 17.9 Å². The summed E-state index contributed by atoms with van der Waals surface area (Å²) in [7, 11) is 2.48. The molecule has 0 amide bonds. The molecule has 2 aromatic heterocycles. The van der Waals surface area contributed by atoms with Gasteiger partial charge in [0, 0.05) is 0 Å². The number of ether oxygens (including phenoxy) is 2. The second-order valence-electron chi connectivity index (χ2n) is 5.31. The summed E-state index contributed by atoms with van der Waals surface area (Å²) in [5.41, 5.74) is 0.0269. The van der Waals surface area contributed by atoms with E-state index >= 15 is 0 Å². The van der Waals surface area contributed by atoms with Gasteiger partial charge in [-0.05, 0) is 30.7 Å². The van der Waals surface area contributed by atoms with E-state index in [1.54, 1.807) is 41.5 Å². The monoisotopic (exact) mass is 359 g/mol. The van der Waals surface area contributed by atoms with Gasteiger partial charge >= 0.3 is 11.9 Å². The molecule has 7 nitrogen and oxygen atoms in total. The van der Waals surface area contributed by atoms with E-state index in [-0.39, 0.29) is 12.2 Å². The van der Waals surface area contributed by atoms with Crippen molar-refractivity contribution in [1.29, 1.82) is 0 Å². The Morgan fingerprint density at radius 1 is 1.19 bits per heavy atom. The van der Waals surface area contributed by atoms with Gasteiger partial charge in [0.2, 0.25) is 0 Å².